The summed E-state index contributed by atoms with van der Waals surface area (Å²) in [6.07, 6.45) is 2.96. The van der Waals surface area contributed by atoms with Crippen molar-refractivity contribution in [2.45, 2.75) is 25.3 Å². The summed E-state index contributed by atoms with van der Waals surface area (Å²) in [4.78, 5) is 0. The van der Waals surface area contributed by atoms with E-state index >= 15 is 0 Å². The maximum absolute atomic E-state index is 13.4. The lowest BCUT2D eigenvalue weighted by Gasteiger charge is -2.23. The van der Waals surface area contributed by atoms with Crippen LogP contribution in [0.15, 0.2) is 24.3 Å². The van der Waals surface area contributed by atoms with Gasteiger partial charge in [-0.15, -0.1) is 0 Å². The Balaban J connectivity index is 2.01. The highest BCUT2D eigenvalue weighted by atomic mass is 32.2. The summed E-state index contributed by atoms with van der Waals surface area (Å²) in [6.45, 7) is 0.847. The molecule has 1 heterocycles. The van der Waals surface area contributed by atoms with E-state index in [1.165, 1.54) is 18.2 Å². The second kappa shape index (κ2) is 5.67. The number of sulfonamides is 1. The normalized spacial score (nSPS) is 20.6. The highest BCUT2D eigenvalue weighted by Crippen LogP contribution is 2.16. The molecular formula is C12H17FN2O2S. The van der Waals surface area contributed by atoms with Crippen LogP contribution in [0.2, 0.25) is 0 Å². The second-order valence-corrected chi connectivity index (χ2v) is 6.28. The quantitative estimate of drug-likeness (QED) is 0.877. The van der Waals surface area contributed by atoms with Gasteiger partial charge in [-0.3, -0.25) is 4.72 Å². The molecule has 18 heavy (non-hydrogen) atoms. The fourth-order valence-corrected chi connectivity index (χ4v) is 3.48. The summed E-state index contributed by atoms with van der Waals surface area (Å²) in [5.41, 5.74) is 0.00769. The molecule has 1 saturated heterocycles. The standard InChI is InChI=1S/C12H17FN2O2S/c13-11-6-1-2-7-12(11)15-18(16,17)9-10-5-3-4-8-14-10/h1-2,6-7,10,14-15H,3-5,8-9H2. The summed E-state index contributed by atoms with van der Waals surface area (Å²) in [5.74, 6) is -0.570. The Labute approximate surface area is 107 Å². The first-order valence-corrected chi connectivity index (χ1v) is 7.70. The molecule has 0 aromatic heterocycles. The monoisotopic (exact) mass is 272 g/mol. The number of piperidine rings is 1. The average Bonchev–Trinajstić information content (AvgIpc) is 2.32. The SMILES string of the molecule is O=S(=O)(CC1CCCCN1)Nc1ccccc1F. The van der Waals surface area contributed by atoms with Crippen molar-refractivity contribution in [3.05, 3.63) is 30.1 Å². The number of hydrogen-bond donors (Lipinski definition) is 2. The third kappa shape index (κ3) is 3.68. The van der Waals surface area contributed by atoms with Crippen LogP contribution in [0, 0.1) is 5.82 Å². The average molecular weight is 272 g/mol. The smallest absolute Gasteiger partial charge is 0.234 e. The van der Waals surface area contributed by atoms with Gasteiger partial charge in [0.05, 0.1) is 11.4 Å². The van der Waals surface area contributed by atoms with E-state index in [1.54, 1.807) is 6.07 Å². The van der Waals surface area contributed by atoms with E-state index in [-0.39, 0.29) is 17.5 Å². The summed E-state index contributed by atoms with van der Waals surface area (Å²) >= 11 is 0. The molecule has 0 radical (unpaired) electrons. The Hall–Kier alpha value is -1.14. The van der Waals surface area contributed by atoms with Crippen LogP contribution in [-0.4, -0.2) is 26.8 Å². The molecular weight excluding hydrogens is 255 g/mol. The van der Waals surface area contributed by atoms with Gasteiger partial charge in [0.2, 0.25) is 10.0 Å². The molecule has 1 aliphatic heterocycles. The highest BCUT2D eigenvalue weighted by Gasteiger charge is 2.21. The molecule has 2 rings (SSSR count). The van der Waals surface area contributed by atoms with Crippen LogP contribution < -0.4 is 10.0 Å². The van der Waals surface area contributed by atoms with E-state index < -0.39 is 15.8 Å². The first kappa shape index (κ1) is 13.3. The molecule has 0 amide bonds. The van der Waals surface area contributed by atoms with Crippen molar-refractivity contribution in [3.8, 4) is 0 Å². The largest absolute Gasteiger partial charge is 0.313 e. The van der Waals surface area contributed by atoms with Crippen molar-refractivity contribution < 1.29 is 12.8 Å². The van der Waals surface area contributed by atoms with Crippen molar-refractivity contribution in [3.63, 3.8) is 0 Å². The number of para-hydroxylation sites is 1. The topological polar surface area (TPSA) is 58.2 Å². The van der Waals surface area contributed by atoms with Crippen molar-refractivity contribution in [1.82, 2.24) is 5.32 Å². The maximum atomic E-state index is 13.4. The van der Waals surface area contributed by atoms with Gasteiger partial charge in [-0.1, -0.05) is 18.6 Å². The molecule has 1 aromatic carbocycles. The molecule has 1 atom stereocenters. The van der Waals surface area contributed by atoms with Crippen LogP contribution in [-0.2, 0) is 10.0 Å². The lowest BCUT2D eigenvalue weighted by Crippen LogP contribution is -2.40. The van der Waals surface area contributed by atoms with Crippen LogP contribution >= 0.6 is 0 Å². The molecule has 0 aliphatic carbocycles. The zero-order chi connectivity index (χ0) is 13.0. The number of rotatable bonds is 4. The summed E-state index contributed by atoms with van der Waals surface area (Å²) in [7, 11) is -3.51. The molecule has 100 valence electrons. The Kier molecular flexibility index (Phi) is 4.19. The van der Waals surface area contributed by atoms with Crippen LogP contribution in [0.25, 0.3) is 0 Å². The number of nitrogens with one attached hydrogen (secondary N) is 2. The van der Waals surface area contributed by atoms with Gasteiger partial charge < -0.3 is 5.32 Å². The zero-order valence-electron chi connectivity index (χ0n) is 10.0. The van der Waals surface area contributed by atoms with Gasteiger partial charge in [-0.05, 0) is 31.5 Å². The lowest BCUT2D eigenvalue weighted by atomic mass is 10.1. The number of anilines is 1. The van der Waals surface area contributed by atoms with Gasteiger partial charge in [0.25, 0.3) is 0 Å². The minimum atomic E-state index is -3.51. The lowest BCUT2D eigenvalue weighted by molar-refractivity contribution is 0.424. The molecule has 0 bridgehead atoms. The molecule has 1 aliphatic rings. The summed E-state index contributed by atoms with van der Waals surface area (Å²) in [5, 5.41) is 3.16. The fraction of sp³-hybridized carbons (Fsp3) is 0.500. The van der Waals surface area contributed by atoms with Crippen molar-refractivity contribution in [2.75, 3.05) is 17.0 Å². The Morgan fingerprint density at radius 3 is 2.78 bits per heavy atom. The molecule has 4 nitrogen and oxygen atoms in total. The number of halogens is 1. The highest BCUT2D eigenvalue weighted by molar-refractivity contribution is 7.92. The van der Waals surface area contributed by atoms with E-state index in [0.29, 0.717) is 0 Å². The van der Waals surface area contributed by atoms with Gasteiger partial charge in [-0.25, -0.2) is 12.8 Å². The van der Waals surface area contributed by atoms with E-state index in [4.69, 9.17) is 0 Å². The Bertz CT molecular complexity index is 499. The number of benzene rings is 1. The van der Waals surface area contributed by atoms with Gasteiger partial charge >= 0.3 is 0 Å². The molecule has 0 saturated carbocycles. The van der Waals surface area contributed by atoms with Crippen molar-refractivity contribution in [2.24, 2.45) is 0 Å². The van der Waals surface area contributed by atoms with Gasteiger partial charge in [-0.2, -0.15) is 0 Å². The minimum absolute atomic E-state index is 0.00769. The Morgan fingerprint density at radius 2 is 2.11 bits per heavy atom. The van der Waals surface area contributed by atoms with Crippen molar-refractivity contribution in [1.29, 1.82) is 0 Å². The van der Waals surface area contributed by atoms with E-state index in [9.17, 15) is 12.8 Å². The van der Waals surface area contributed by atoms with Crippen LogP contribution in [0.1, 0.15) is 19.3 Å². The third-order valence-corrected chi connectivity index (χ3v) is 4.34. The van der Waals surface area contributed by atoms with E-state index in [1.807, 2.05) is 0 Å². The number of hydrogen-bond acceptors (Lipinski definition) is 3. The molecule has 1 fully saturated rings. The van der Waals surface area contributed by atoms with Crippen molar-refractivity contribution >= 4 is 15.7 Å². The summed E-state index contributed by atoms with van der Waals surface area (Å²) in [6, 6.07) is 5.73. The predicted molar refractivity (Wildman–Crippen MR) is 69.5 cm³/mol. The van der Waals surface area contributed by atoms with Crippen LogP contribution in [0.5, 0.6) is 0 Å². The molecule has 6 heteroatoms. The zero-order valence-corrected chi connectivity index (χ0v) is 10.8. The Morgan fingerprint density at radius 1 is 1.33 bits per heavy atom. The molecule has 1 unspecified atom stereocenters. The molecule has 0 spiro atoms. The molecule has 2 N–H and O–H groups in total. The van der Waals surface area contributed by atoms with Crippen LogP contribution in [0.4, 0.5) is 10.1 Å². The minimum Gasteiger partial charge on any atom is -0.313 e. The van der Waals surface area contributed by atoms with Gasteiger partial charge in [0, 0.05) is 6.04 Å². The first-order chi connectivity index (χ1) is 8.57. The third-order valence-electron chi connectivity index (χ3n) is 2.97. The summed E-state index contributed by atoms with van der Waals surface area (Å²) < 4.78 is 39.5. The van der Waals surface area contributed by atoms with Gasteiger partial charge in [0.1, 0.15) is 5.82 Å². The van der Waals surface area contributed by atoms with E-state index in [2.05, 4.69) is 10.0 Å². The van der Waals surface area contributed by atoms with E-state index in [0.717, 1.165) is 25.8 Å². The molecule has 1 aromatic rings. The fourth-order valence-electron chi connectivity index (χ4n) is 2.08. The predicted octanol–water partition coefficient (Wildman–Crippen LogP) is 1.71. The maximum Gasteiger partial charge on any atom is 0.234 e. The van der Waals surface area contributed by atoms with Crippen LogP contribution in [0.3, 0.4) is 0 Å². The van der Waals surface area contributed by atoms with Gasteiger partial charge in [0.15, 0.2) is 0 Å². The second-order valence-electron chi connectivity index (χ2n) is 4.51. The first-order valence-electron chi connectivity index (χ1n) is 6.05.